The second-order valence-electron chi connectivity index (χ2n) is 4.49. The Morgan fingerprint density at radius 1 is 1.27 bits per heavy atom. The second-order valence-corrected chi connectivity index (χ2v) is 4.49. The van der Waals surface area contributed by atoms with Gasteiger partial charge in [0.05, 0.1) is 12.8 Å². The van der Waals surface area contributed by atoms with Gasteiger partial charge in [0.15, 0.2) is 18.1 Å². The maximum Gasteiger partial charge on any atom is 0.259 e. The number of nitrogens with two attached hydrogens (primary N) is 2. The van der Waals surface area contributed by atoms with Crippen molar-refractivity contribution >= 4 is 18.1 Å². The van der Waals surface area contributed by atoms with Crippen LogP contribution >= 0.6 is 0 Å². The smallest absolute Gasteiger partial charge is 0.259 e. The first-order chi connectivity index (χ1) is 10.4. The summed E-state index contributed by atoms with van der Waals surface area (Å²) in [5.41, 5.74) is 11.1. The predicted molar refractivity (Wildman–Crippen MR) is 85.2 cm³/mol. The molecule has 120 valence electrons. The maximum absolute atomic E-state index is 11.6. The van der Waals surface area contributed by atoms with Crippen molar-refractivity contribution in [2.75, 3.05) is 27.3 Å². The number of carbonyl (C=O) groups excluding carboxylic acids is 1. The Kier molecular flexibility index (Phi) is 6.68. The molecule has 0 heterocycles. The van der Waals surface area contributed by atoms with Crippen molar-refractivity contribution in [3.63, 3.8) is 0 Å². The van der Waals surface area contributed by atoms with Crippen LogP contribution in [-0.2, 0) is 4.79 Å². The van der Waals surface area contributed by atoms with Crippen LogP contribution in [0.4, 0.5) is 0 Å². The second kappa shape index (κ2) is 8.50. The van der Waals surface area contributed by atoms with E-state index in [0.717, 1.165) is 5.56 Å². The Balaban J connectivity index is 2.87. The zero-order valence-corrected chi connectivity index (χ0v) is 12.9. The normalized spacial score (nSPS) is 10.3. The summed E-state index contributed by atoms with van der Waals surface area (Å²) in [7, 11) is 3.33. The lowest BCUT2D eigenvalue weighted by Gasteiger charge is -2.14. The number of carbonyl (C=O) groups is 1. The first kappa shape index (κ1) is 17.3. The molecule has 0 aliphatic rings. The number of ether oxygens (including phenoxy) is 2. The molecular weight excluding hydrogens is 286 g/mol. The standard InChI is InChI=1S/C14H21N5O3/c1-4-21-12-7-10(8-17-18-14(15)16)5-6-11(12)22-9-13(20)19(2)3/h5-8H,4,9H2,1-3H3,(H4,15,16,18)/b17-8+. The molecule has 0 fully saturated rings. The average molecular weight is 307 g/mol. The number of hydrogen-bond donors (Lipinski definition) is 2. The number of guanidine groups is 1. The monoisotopic (exact) mass is 307 g/mol. The molecule has 0 unspecified atom stereocenters. The molecule has 0 aliphatic heterocycles. The van der Waals surface area contributed by atoms with Crippen LogP contribution in [0.15, 0.2) is 28.4 Å². The van der Waals surface area contributed by atoms with Crippen molar-refractivity contribution in [1.29, 1.82) is 0 Å². The summed E-state index contributed by atoms with van der Waals surface area (Å²) in [4.78, 5) is 13.0. The van der Waals surface area contributed by atoms with E-state index < -0.39 is 0 Å². The predicted octanol–water partition coefficient (Wildman–Crippen LogP) is 0.160. The Bertz CT molecular complexity index is 566. The van der Waals surface area contributed by atoms with Crippen molar-refractivity contribution < 1.29 is 14.3 Å². The minimum atomic E-state index is -0.138. The van der Waals surface area contributed by atoms with Gasteiger partial charge in [0.2, 0.25) is 5.96 Å². The van der Waals surface area contributed by atoms with Crippen LogP contribution in [0, 0.1) is 0 Å². The fraction of sp³-hybridized carbons (Fsp3) is 0.357. The Morgan fingerprint density at radius 3 is 2.59 bits per heavy atom. The van der Waals surface area contributed by atoms with Gasteiger partial charge in [0, 0.05) is 14.1 Å². The summed E-state index contributed by atoms with van der Waals surface area (Å²) in [6, 6.07) is 5.18. The molecule has 22 heavy (non-hydrogen) atoms. The molecular formula is C14H21N5O3. The highest BCUT2D eigenvalue weighted by atomic mass is 16.5. The van der Waals surface area contributed by atoms with E-state index in [9.17, 15) is 4.79 Å². The third-order valence-electron chi connectivity index (χ3n) is 2.50. The molecule has 0 atom stereocenters. The number of amides is 1. The first-order valence-corrected chi connectivity index (χ1v) is 6.65. The molecule has 0 aromatic heterocycles. The van der Waals surface area contributed by atoms with Gasteiger partial charge >= 0.3 is 0 Å². The van der Waals surface area contributed by atoms with Crippen LogP contribution in [0.1, 0.15) is 12.5 Å². The van der Waals surface area contributed by atoms with Crippen LogP contribution in [0.25, 0.3) is 0 Å². The highest BCUT2D eigenvalue weighted by Crippen LogP contribution is 2.28. The number of benzene rings is 1. The lowest BCUT2D eigenvalue weighted by Crippen LogP contribution is -2.27. The number of rotatable bonds is 7. The van der Waals surface area contributed by atoms with Gasteiger partial charge in [-0.1, -0.05) is 0 Å². The Morgan fingerprint density at radius 2 is 2.00 bits per heavy atom. The number of hydrogen-bond acceptors (Lipinski definition) is 5. The summed E-state index contributed by atoms with van der Waals surface area (Å²) >= 11 is 0. The molecule has 0 radical (unpaired) electrons. The number of nitrogens with zero attached hydrogens (tertiary/aromatic N) is 3. The molecule has 4 N–H and O–H groups in total. The molecule has 1 rings (SSSR count). The summed E-state index contributed by atoms with van der Waals surface area (Å²) in [5, 5.41) is 7.24. The van der Waals surface area contributed by atoms with Gasteiger partial charge in [-0.25, -0.2) is 0 Å². The highest BCUT2D eigenvalue weighted by molar-refractivity contribution is 5.82. The van der Waals surface area contributed by atoms with E-state index in [1.54, 1.807) is 32.3 Å². The molecule has 0 spiro atoms. The van der Waals surface area contributed by atoms with E-state index >= 15 is 0 Å². The third-order valence-corrected chi connectivity index (χ3v) is 2.50. The largest absolute Gasteiger partial charge is 0.490 e. The highest BCUT2D eigenvalue weighted by Gasteiger charge is 2.09. The zero-order chi connectivity index (χ0) is 16.5. The lowest BCUT2D eigenvalue weighted by atomic mass is 10.2. The van der Waals surface area contributed by atoms with Crippen LogP contribution in [0.3, 0.4) is 0 Å². The topological polar surface area (TPSA) is 116 Å². The molecule has 8 heteroatoms. The Hall–Kier alpha value is -2.77. The van der Waals surface area contributed by atoms with Gasteiger partial charge in [-0.2, -0.15) is 5.10 Å². The van der Waals surface area contributed by atoms with E-state index in [1.165, 1.54) is 11.1 Å². The first-order valence-electron chi connectivity index (χ1n) is 6.65. The molecule has 0 saturated heterocycles. The summed E-state index contributed by atoms with van der Waals surface area (Å²) in [5.74, 6) is 0.739. The summed E-state index contributed by atoms with van der Waals surface area (Å²) in [6.07, 6.45) is 1.48. The van der Waals surface area contributed by atoms with Crippen LogP contribution in [0.2, 0.25) is 0 Å². The molecule has 1 amide bonds. The van der Waals surface area contributed by atoms with Crippen molar-refractivity contribution in [2.45, 2.75) is 6.92 Å². The van der Waals surface area contributed by atoms with E-state index in [1.807, 2.05) is 6.92 Å². The third kappa shape index (κ3) is 5.70. The van der Waals surface area contributed by atoms with Crippen LogP contribution in [-0.4, -0.2) is 50.3 Å². The van der Waals surface area contributed by atoms with Gasteiger partial charge < -0.3 is 25.8 Å². The lowest BCUT2D eigenvalue weighted by molar-refractivity contribution is -0.130. The van der Waals surface area contributed by atoms with Crippen LogP contribution in [0.5, 0.6) is 11.5 Å². The minimum absolute atomic E-state index is 0.0610. The zero-order valence-electron chi connectivity index (χ0n) is 12.9. The van der Waals surface area contributed by atoms with Gasteiger partial charge in [-0.05, 0) is 30.7 Å². The maximum atomic E-state index is 11.6. The summed E-state index contributed by atoms with van der Waals surface area (Å²) < 4.78 is 11.0. The molecule has 0 saturated carbocycles. The fourth-order valence-electron chi connectivity index (χ4n) is 1.42. The average Bonchev–Trinajstić information content (AvgIpc) is 2.46. The molecule has 1 aromatic carbocycles. The number of likely N-dealkylation sites (N-methyl/N-ethyl adjacent to an activating group) is 1. The van der Waals surface area contributed by atoms with E-state index in [0.29, 0.717) is 18.1 Å². The van der Waals surface area contributed by atoms with Gasteiger partial charge in [-0.3, -0.25) is 4.79 Å². The van der Waals surface area contributed by atoms with Crippen LogP contribution < -0.4 is 20.9 Å². The molecule has 0 aliphatic carbocycles. The van der Waals surface area contributed by atoms with Crippen molar-refractivity contribution in [2.24, 2.45) is 21.7 Å². The van der Waals surface area contributed by atoms with Gasteiger partial charge in [0.25, 0.3) is 5.91 Å². The van der Waals surface area contributed by atoms with Crippen molar-refractivity contribution in [3.05, 3.63) is 23.8 Å². The van der Waals surface area contributed by atoms with E-state index in [4.69, 9.17) is 20.9 Å². The molecule has 8 nitrogen and oxygen atoms in total. The molecule has 1 aromatic rings. The van der Waals surface area contributed by atoms with Crippen molar-refractivity contribution in [1.82, 2.24) is 4.90 Å². The van der Waals surface area contributed by atoms with E-state index in [-0.39, 0.29) is 18.5 Å². The SMILES string of the molecule is CCOc1cc(/C=N/N=C(N)N)ccc1OCC(=O)N(C)C. The Labute approximate surface area is 129 Å². The quantitative estimate of drug-likeness (QED) is 0.423. The van der Waals surface area contributed by atoms with Crippen molar-refractivity contribution in [3.8, 4) is 11.5 Å². The fourth-order valence-corrected chi connectivity index (χ4v) is 1.42. The molecule has 0 bridgehead atoms. The summed E-state index contributed by atoms with van der Waals surface area (Å²) in [6.45, 7) is 2.26. The van der Waals surface area contributed by atoms with Gasteiger partial charge in [0.1, 0.15) is 0 Å². The minimum Gasteiger partial charge on any atom is -0.490 e. The van der Waals surface area contributed by atoms with E-state index in [2.05, 4.69) is 10.2 Å². The van der Waals surface area contributed by atoms with Gasteiger partial charge in [-0.15, -0.1) is 5.10 Å².